The number of hydrogen-bond donors (Lipinski definition) is 2. The van der Waals surface area contributed by atoms with Gasteiger partial charge in [0.05, 0.1) is 5.92 Å². The smallest absolute Gasteiger partial charge is 0.317 e. The number of carboxylic acids is 1. The van der Waals surface area contributed by atoms with Gasteiger partial charge in [0.25, 0.3) is 0 Å². The summed E-state index contributed by atoms with van der Waals surface area (Å²) >= 11 is 0. The fourth-order valence-corrected chi connectivity index (χ4v) is 2.65. The minimum absolute atomic E-state index is 0.0144. The molecule has 2 fully saturated rings. The van der Waals surface area contributed by atoms with E-state index in [1.165, 1.54) is 12.8 Å². The highest BCUT2D eigenvalue weighted by Gasteiger charge is 2.27. The summed E-state index contributed by atoms with van der Waals surface area (Å²) in [6.45, 7) is 0.820. The van der Waals surface area contributed by atoms with Gasteiger partial charge in [-0.1, -0.05) is 12.8 Å². The second-order valence-electron chi connectivity index (χ2n) is 5.99. The second-order valence-corrected chi connectivity index (χ2v) is 5.99. The van der Waals surface area contributed by atoms with E-state index in [-0.39, 0.29) is 18.0 Å². The quantitative estimate of drug-likeness (QED) is 0.802. The maximum absolute atomic E-state index is 12.0. The molecule has 2 saturated carbocycles. The van der Waals surface area contributed by atoms with Crippen LogP contribution in [-0.2, 0) is 4.79 Å². The maximum atomic E-state index is 12.0. The highest BCUT2D eigenvalue weighted by Crippen LogP contribution is 2.32. The van der Waals surface area contributed by atoms with Crippen LogP contribution in [-0.4, -0.2) is 41.6 Å². The predicted molar refractivity (Wildman–Crippen MR) is 71.9 cm³/mol. The van der Waals surface area contributed by atoms with Crippen LogP contribution in [0.2, 0.25) is 0 Å². The lowest BCUT2D eigenvalue weighted by molar-refractivity contribution is -0.142. The molecule has 0 aromatic heterocycles. The van der Waals surface area contributed by atoms with Crippen LogP contribution in [0, 0.1) is 11.8 Å². The van der Waals surface area contributed by atoms with Crippen molar-refractivity contribution in [1.82, 2.24) is 10.2 Å². The third-order valence-electron chi connectivity index (χ3n) is 4.32. The van der Waals surface area contributed by atoms with Crippen LogP contribution >= 0.6 is 0 Å². The van der Waals surface area contributed by atoms with Crippen molar-refractivity contribution >= 4 is 12.0 Å². The zero-order chi connectivity index (χ0) is 13.8. The third kappa shape index (κ3) is 4.40. The number of nitrogens with zero attached hydrogens (tertiary/aromatic N) is 1. The van der Waals surface area contributed by atoms with Gasteiger partial charge < -0.3 is 15.3 Å². The number of carbonyl (C=O) groups is 2. The summed E-state index contributed by atoms with van der Waals surface area (Å²) in [4.78, 5) is 24.6. The molecule has 0 heterocycles. The normalized spacial score (nSPS) is 26.8. The van der Waals surface area contributed by atoms with Crippen molar-refractivity contribution in [2.24, 2.45) is 11.8 Å². The van der Waals surface area contributed by atoms with Gasteiger partial charge in [0.1, 0.15) is 0 Å². The molecular weight excluding hydrogens is 244 g/mol. The molecule has 108 valence electrons. The first-order chi connectivity index (χ1) is 9.06. The lowest BCUT2D eigenvalue weighted by atomic mass is 9.86. The Morgan fingerprint density at radius 3 is 2.32 bits per heavy atom. The average molecular weight is 268 g/mol. The van der Waals surface area contributed by atoms with Gasteiger partial charge in [-0.25, -0.2) is 4.79 Å². The monoisotopic (exact) mass is 268 g/mol. The number of amides is 2. The molecule has 2 rings (SSSR count). The fraction of sp³-hybridized carbons (Fsp3) is 0.857. The molecule has 0 radical (unpaired) electrons. The topological polar surface area (TPSA) is 69.6 Å². The number of nitrogens with one attached hydrogen (secondary N) is 1. The van der Waals surface area contributed by atoms with E-state index < -0.39 is 5.97 Å². The van der Waals surface area contributed by atoms with E-state index in [9.17, 15) is 9.59 Å². The summed E-state index contributed by atoms with van der Waals surface area (Å²) in [7, 11) is 1.83. The first kappa shape index (κ1) is 14.2. The van der Waals surface area contributed by atoms with E-state index in [0.29, 0.717) is 12.8 Å². The van der Waals surface area contributed by atoms with Crippen LogP contribution in [0.25, 0.3) is 0 Å². The Morgan fingerprint density at radius 2 is 1.79 bits per heavy atom. The van der Waals surface area contributed by atoms with Crippen LogP contribution in [0.4, 0.5) is 4.79 Å². The zero-order valence-corrected chi connectivity index (χ0v) is 11.6. The van der Waals surface area contributed by atoms with Crippen LogP contribution in [0.3, 0.4) is 0 Å². The fourth-order valence-electron chi connectivity index (χ4n) is 2.65. The number of urea groups is 1. The summed E-state index contributed by atoms with van der Waals surface area (Å²) < 4.78 is 0. The average Bonchev–Trinajstić information content (AvgIpc) is 3.20. The number of aliphatic carboxylic acids is 1. The predicted octanol–water partition coefficient (Wildman–Crippen LogP) is 2.07. The second kappa shape index (κ2) is 6.26. The van der Waals surface area contributed by atoms with E-state index >= 15 is 0 Å². The number of carbonyl (C=O) groups excluding carboxylic acids is 1. The first-order valence-corrected chi connectivity index (χ1v) is 7.30. The molecule has 5 heteroatoms. The van der Waals surface area contributed by atoms with E-state index in [0.717, 1.165) is 31.7 Å². The van der Waals surface area contributed by atoms with Crippen LogP contribution < -0.4 is 5.32 Å². The van der Waals surface area contributed by atoms with Crippen LogP contribution in [0.5, 0.6) is 0 Å². The van der Waals surface area contributed by atoms with Crippen molar-refractivity contribution in [3.8, 4) is 0 Å². The van der Waals surface area contributed by atoms with Gasteiger partial charge in [-0.3, -0.25) is 4.79 Å². The Bertz CT molecular complexity index is 334. The molecule has 0 spiro atoms. The van der Waals surface area contributed by atoms with Crippen LogP contribution in [0.1, 0.15) is 44.9 Å². The molecule has 2 N–H and O–H groups in total. The van der Waals surface area contributed by atoms with Crippen LogP contribution in [0.15, 0.2) is 0 Å². The largest absolute Gasteiger partial charge is 0.481 e. The molecule has 2 aliphatic rings. The number of hydrogen-bond acceptors (Lipinski definition) is 2. The molecule has 0 atom stereocenters. The molecule has 2 aliphatic carbocycles. The number of carboxylic acid groups (broad SMARTS) is 1. The zero-order valence-electron chi connectivity index (χ0n) is 11.6. The highest BCUT2D eigenvalue weighted by molar-refractivity contribution is 5.74. The summed E-state index contributed by atoms with van der Waals surface area (Å²) in [5.74, 6) is -0.0895. The van der Waals surface area contributed by atoms with Crippen molar-refractivity contribution in [2.45, 2.75) is 51.0 Å². The van der Waals surface area contributed by atoms with Crippen molar-refractivity contribution in [2.75, 3.05) is 13.6 Å². The summed E-state index contributed by atoms with van der Waals surface area (Å²) in [6.07, 6.45) is 6.63. The van der Waals surface area contributed by atoms with Gasteiger partial charge in [0, 0.05) is 19.6 Å². The molecular formula is C14H24N2O3. The van der Waals surface area contributed by atoms with E-state index in [2.05, 4.69) is 5.32 Å². The lowest BCUT2D eigenvalue weighted by Crippen LogP contribution is -2.45. The van der Waals surface area contributed by atoms with Crippen molar-refractivity contribution in [1.29, 1.82) is 0 Å². The molecule has 19 heavy (non-hydrogen) atoms. The van der Waals surface area contributed by atoms with Gasteiger partial charge in [-0.2, -0.15) is 0 Å². The molecule has 2 amide bonds. The molecule has 5 nitrogen and oxygen atoms in total. The van der Waals surface area contributed by atoms with Gasteiger partial charge >= 0.3 is 12.0 Å². The SMILES string of the molecule is CN(CCC1CC1)C(=O)NC1CCC(C(=O)O)CC1. The Kier molecular flexibility index (Phi) is 4.66. The van der Waals surface area contributed by atoms with Gasteiger partial charge in [-0.15, -0.1) is 0 Å². The van der Waals surface area contributed by atoms with E-state index in [4.69, 9.17) is 5.11 Å². The number of rotatable bonds is 5. The standard InChI is InChI=1S/C14H24N2O3/c1-16(9-8-10-2-3-10)14(19)15-12-6-4-11(5-7-12)13(17)18/h10-12H,2-9H2,1H3,(H,15,19)(H,17,18). The third-order valence-corrected chi connectivity index (χ3v) is 4.32. The molecule has 0 saturated heterocycles. The summed E-state index contributed by atoms with van der Waals surface area (Å²) in [5.41, 5.74) is 0. The van der Waals surface area contributed by atoms with Crippen molar-refractivity contribution in [3.05, 3.63) is 0 Å². The minimum Gasteiger partial charge on any atom is -0.481 e. The lowest BCUT2D eigenvalue weighted by Gasteiger charge is -2.28. The summed E-state index contributed by atoms with van der Waals surface area (Å²) in [6, 6.07) is 0.130. The van der Waals surface area contributed by atoms with E-state index in [1.54, 1.807) is 4.90 Å². The van der Waals surface area contributed by atoms with Gasteiger partial charge in [0.15, 0.2) is 0 Å². The van der Waals surface area contributed by atoms with Crippen molar-refractivity contribution in [3.63, 3.8) is 0 Å². The minimum atomic E-state index is -0.702. The Morgan fingerprint density at radius 1 is 1.16 bits per heavy atom. The van der Waals surface area contributed by atoms with Crippen molar-refractivity contribution < 1.29 is 14.7 Å². The molecule has 0 unspecified atom stereocenters. The van der Waals surface area contributed by atoms with E-state index in [1.807, 2.05) is 7.05 Å². The molecule has 0 bridgehead atoms. The Labute approximate surface area is 114 Å². The summed E-state index contributed by atoms with van der Waals surface area (Å²) in [5, 5.41) is 11.9. The molecule has 0 aromatic carbocycles. The first-order valence-electron chi connectivity index (χ1n) is 7.30. The highest BCUT2D eigenvalue weighted by atomic mass is 16.4. The Hall–Kier alpha value is -1.26. The molecule has 0 aromatic rings. The van der Waals surface area contributed by atoms with Gasteiger partial charge in [-0.05, 0) is 38.0 Å². The van der Waals surface area contributed by atoms with Gasteiger partial charge in [0.2, 0.25) is 0 Å². The Balaban J connectivity index is 1.66. The maximum Gasteiger partial charge on any atom is 0.317 e. The molecule has 0 aliphatic heterocycles.